The van der Waals surface area contributed by atoms with Gasteiger partial charge in [0.05, 0.1) is 29.6 Å². The van der Waals surface area contributed by atoms with Crippen LogP contribution in [0.1, 0.15) is 50.2 Å². The molecule has 1 fully saturated rings. The number of alkyl halides is 3. The number of benzene rings is 2. The minimum Gasteiger partial charge on any atom is -0.497 e. The molecular weight excluding hydrogens is 571 g/mol. The van der Waals surface area contributed by atoms with Crippen LogP contribution in [-0.4, -0.2) is 57.1 Å². The second-order valence-electron chi connectivity index (χ2n) is 9.82. The molecule has 2 aromatic rings. The number of rotatable bonds is 10. The third kappa shape index (κ3) is 8.26. The second-order valence-corrected chi connectivity index (χ2v) is 12.1. The molecule has 3 rings (SSSR count). The monoisotopic (exact) mass is 603 g/mol. The van der Waals surface area contributed by atoms with Gasteiger partial charge in [0.25, 0.3) is 0 Å². The number of ether oxygens (including phenoxy) is 1. The van der Waals surface area contributed by atoms with E-state index in [9.17, 15) is 31.2 Å². The molecule has 8 nitrogen and oxygen atoms in total. The Kier molecular flexibility index (Phi) is 10.3. The van der Waals surface area contributed by atoms with E-state index in [0.717, 1.165) is 50.5 Å². The predicted octanol–water partition coefficient (Wildman–Crippen LogP) is 5.00. The summed E-state index contributed by atoms with van der Waals surface area (Å²) in [5.74, 6) is -0.585. The van der Waals surface area contributed by atoms with Gasteiger partial charge in [0.15, 0.2) is 0 Å². The number of nitrogens with one attached hydrogen (secondary N) is 1. The number of nitrogens with zero attached hydrogens (tertiary/aromatic N) is 2. The molecule has 0 aliphatic heterocycles. The fourth-order valence-corrected chi connectivity index (χ4v) is 5.64. The maximum absolute atomic E-state index is 13.7. The zero-order valence-corrected chi connectivity index (χ0v) is 24.1. The van der Waals surface area contributed by atoms with Gasteiger partial charge in [-0.3, -0.25) is 13.9 Å². The molecule has 0 radical (unpaired) electrons. The van der Waals surface area contributed by atoms with E-state index in [2.05, 4.69) is 5.32 Å². The van der Waals surface area contributed by atoms with E-state index in [1.54, 1.807) is 24.3 Å². The van der Waals surface area contributed by atoms with Crippen molar-refractivity contribution in [1.82, 2.24) is 10.2 Å². The summed E-state index contributed by atoms with van der Waals surface area (Å²) in [6, 6.07) is 8.36. The number of halogens is 4. The molecule has 40 heavy (non-hydrogen) atoms. The van der Waals surface area contributed by atoms with Gasteiger partial charge in [-0.1, -0.05) is 43.0 Å². The van der Waals surface area contributed by atoms with Crippen LogP contribution in [0.3, 0.4) is 0 Å². The first kappa shape index (κ1) is 31.5. The van der Waals surface area contributed by atoms with Gasteiger partial charge in [-0.05, 0) is 55.7 Å². The maximum Gasteiger partial charge on any atom is 0.417 e. The summed E-state index contributed by atoms with van der Waals surface area (Å²) < 4.78 is 71.5. The first-order valence-corrected chi connectivity index (χ1v) is 15.0. The van der Waals surface area contributed by atoms with Crippen LogP contribution < -0.4 is 14.4 Å². The molecule has 1 unspecified atom stereocenters. The van der Waals surface area contributed by atoms with Gasteiger partial charge >= 0.3 is 6.18 Å². The standard InChI is InChI=1S/C27H33ClF3N3O5S/c1-18(26(36)32-20-7-5-4-6-8-20)33(16-19-9-12-22(39-2)13-10-19)25(35)17-34(40(3,37)38)21-11-14-24(28)23(15-21)27(29,30)31/h9-15,18,20H,4-8,16-17H2,1-3H3,(H,32,36). The van der Waals surface area contributed by atoms with Gasteiger partial charge in [0, 0.05) is 12.6 Å². The number of anilines is 1. The van der Waals surface area contributed by atoms with Crippen LogP contribution >= 0.6 is 11.6 Å². The van der Waals surface area contributed by atoms with Crippen molar-refractivity contribution in [2.45, 2.75) is 63.8 Å². The highest BCUT2D eigenvalue weighted by Crippen LogP contribution is 2.37. The van der Waals surface area contributed by atoms with Gasteiger partial charge in [-0.15, -0.1) is 0 Å². The van der Waals surface area contributed by atoms with Crippen LogP contribution in [0.25, 0.3) is 0 Å². The van der Waals surface area contributed by atoms with Crippen molar-refractivity contribution in [3.8, 4) is 5.75 Å². The second kappa shape index (κ2) is 13.1. The summed E-state index contributed by atoms with van der Waals surface area (Å²) in [6.07, 6.45) is 0.652. The smallest absolute Gasteiger partial charge is 0.417 e. The minimum atomic E-state index is -4.84. The number of methoxy groups -OCH3 is 1. The number of carbonyl (C=O) groups excluding carboxylic acids is 2. The van der Waals surface area contributed by atoms with Crippen LogP contribution in [0.5, 0.6) is 5.75 Å². The largest absolute Gasteiger partial charge is 0.497 e. The summed E-state index contributed by atoms with van der Waals surface area (Å²) in [7, 11) is -2.71. The van der Waals surface area contributed by atoms with Crippen molar-refractivity contribution < 1.29 is 35.9 Å². The van der Waals surface area contributed by atoms with E-state index >= 15 is 0 Å². The Hall–Kier alpha value is -2.99. The zero-order valence-electron chi connectivity index (χ0n) is 22.5. The van der Waals surface area contributed by atoms with Crippen LogP contribution in [-0.2, 0) is 32.3 Å². The lowest BCUT2D eigenvalue weighted by molar-refractivity contribution is -0.139. The van der Waals surface area contributed by atoms with E-state index in [0.29, 0.717) is 21.7 Å². The molecule has 0 heterocycles. The molecule has 1 N–H and O–H groups in total. The highest BCUT2D eigenvalue weighted by atomic mass is 35.5. The fraction of sp³-hybridized carbons (Fsp3) is 0.481. The highest BCUT2D eigenvalue weighted by Gasteiger charge is 2.36. The molecule has 0 aromatic heterocycles. The molecule has 13 heteroatoms. The Bertz CT molecular complexity index is 1300. The van der Waals surface area contributed by atoms with Crippen molar-refractivity contribution in [3.63, 3.8) is 0 Å². The average Bonchev–Trinajstić information content (AvgIpc) is 2.90. The lowest BCUT2D eigenvalue weighted by Crippen LogP contribution is -2.53. The first-order valence-electron chi connectivity index (χ1n) is 12.8. The topological polar surface area (TPSA) is 96.0 Å². The molecular formula is C27H33ClF3N3O5S. The minimum absolute atomic E-state index is 0.0241. The van der Waals surface area contributed by atoms with Gasteiger partial charge in [0.1, 0.15) is 18.3 Å². The molecule has 2 amide bonds. The lowest BCUT2D eigenvalue weighted by atomic mass is 9.95. The SMILES string of the molecule is COc1ccc(CN(C(=O)CN(c2ccc(Cl)c(C(F)(F)F)c2)S(C)(=O)=O)C(C)C(=O)NC2CCCCC2)cc1. The van der Waals surface area contributed by atoms with Crippen molar-refractivity contribution in [3.05, 3.63) is 58.6 Å². The molecule has 1 saturated carbocycles. The van der Waals surface area contributed by atoms with Crippen LogP contribution in [0, 0.1) is 0 Å². The predicted molar refractivity (Wildman–Crippen MR) is 147 cm³/mol. The van der Waals surface area contributed by atoms with Crippen molar-refractivity contribution in [1.29, 1.82) is 0 Å². The zero-order chi connectivity index (χ0) is 29.7. The summed E-state index contributed by atoms with van der Waals surface area (Å²) in [5.41, 5.74) is -0.970. The Labute approximate surface area is 237 Å². The van der Waals surface area contributed by atoms with Crippen LogP contribution in [0.15, 0.2) is 42.5 Å². The Balaban J connectivity index is 1.93. The van der Waals surface area contributed by atoms with Crippen LogP contribution in [0.2, 0.25) is 5.02 Å². The molecule has 1 aliphatic carbocycles. The molecule has 1 aliphatic rings. The fourth-order valence-electron chi connectivity index (χ4n) is 4.58. The number of hydrogen-bond acceptors (Lipinski definition) is 5. The van der Waals surface area contributed by atoms with E-state index in [1.807, 2.05) is 0 Å². The molecule has 1 atom stereocenters. The Morgan fingerprint density at radius 2 is 1.73 bits per heavy atom. The first-order chi connectivity index (χ1) is 18.7. The van der Waals surface area contributed by atoms with Crippen molar-refractivity contribution in [2.75, 3.05) is 24.2 Å². The third-order valence-electron chi connectivity index (χ3n) is 6.85. The Morgan fingerprint density at radius 3 is 2.27 bits per heavy atom. The molecule has 2 aromatic carbocycles. The van der Waals surface area contributed by atoms with E-state index in [-0.39, 0.29) is 18.3 Å². The summed E-state index contributed by atoms with van der Waals surface area (Å²) in [4.78, 5) is 28.1. The number of sulfonamides is 1. The third-order valence-corrected chi connectivity index (χ3v) is 8.32. The number of hydrogen-bond donors (Lipinski definition) is 1. The summed E-state index contributed by atoms with van der Waals surface area (Å²) in [6.45, 7) is 0.664. The van der Waals surface area contributed by atoms with E-state index < -0.39 is 51.2 Å². The van der Waals surface area contributed by atoms with Gasteiger partial charge in [0.2, 0.25) is 21.8 Å². The van der Waals surface area contributed by atoms with Gasteiger partial charge in [-0.2, -0.15) is 13.2 Å². The number of carbonyl (C=O) groups is 2. The number of amides is 2. The normalized spacial score (nSPS) is 15.3. The molecule has 0 saturated heterocycles. The van der Waals surface area contributed by atoms with E-state index in [4.69, 9.17) is 16.3 Å². The molecule has 0 bridgehead atoms. The van der Waals surface area contributed by atoms with Crippen molar-refractivity contribution in [2.24, 2.45) is 0 Å². The summed E-state index contributed by atoms with van der Waals surface area (Å²) >= 11 is 5.71. The Morgan fingerprint density at radius 1 is 1.10 bits per heavy atom. The molecule has 220 valence electrons. The van der Waals surface area contributed by atoms with Gasteiger partial charge < -0.3 is 15.0 Å². The van der Waals surface area contributed by atoms with Gasteiger partial charge in [-0.25, -0.2) is 8.42 Å². The van der Waals surface area contributed by atoms with Crippen LogP contribution in [0.4, 0.5) is 18.9 Å². The summed E-state index contributed by atoms with van der Waals surface area (Å²) in [5, 5.41) is 2.37. The highest BCUT2D eigenvalue weighted by molar-refractivity contribution is 7.92. The van der Waals surface area contributed by atoms with E-state index in [1.165, 1.54) is 18.9 Å². The average molecular weight is 604 g/mol. The quantitative estimate of drug-likeness (QED) is 0.412. The lowest BCUT2D eigenvalue weighted by Gasteiger charge is -2.33. The molecule has 0 spiro atoms. The van der Waals surface area contributed by atoms with Crippen molar-refractivity contribution >= 4 is 39.1 Å². The maximum atomic E-state index is 13.7.